The maximum atomic E-state index is 11.9. The van der Waals surface area contributed by atoms with E-state index >= 15 is 0 Å². The van der Waals surface area contributed by atoms with Gasteiger partial charge in [0.25, 0.3) is 0 Å². The molecule has 2 saturated heterocycles. The van der Waals surface area contributed by atoms with Crippen LogP contribution < -0.4 is 0 Å². The van der Waals surface area contributed by atoms with Crippen molar-refractivity contribution in [2.45, 2.75) is 58.5 Å². The number of nitrogens with zero attached hydrogens (tertiary/aromatic N) is 6. The summed E-state index contributed by atoms with van der Waals surface area (Å²) in [4.78, 5) is 16.8. The highest BCUT2D eigenvalue weighted by Crippen LogP contribution is 2.43. The Bertz CT molecular complexity index is 1030. The van der Waals surface area contributed by atoms with Gasteiger partial charge in [-0.1, -0.05) is 6.07 Å². The molecule has 0 unspecified atom stereocenters. The first-order valence-electron chi connectivity index (χ1n) is 12.2. The van der Waals surface area contributed by atoms with Gasteiger partial charge in [-0.2, -0.15) is 0 Å². The molecule has 2 aromatic rings. The van der Waals surface area contributed by atoms with Gasteiger partial charge in [0.15, 0.2) is 5.78 Å². The Morgan fingerprint density at radius 1 is 1.06 bits per heavy atom. The van der Waals surface area contributed by atoms with E-state index in [-0.39, 0.29) is 0 Å². The quantitative estimate of drug-likeness (QED) is 0.749. The van der Waals surface area contributed by atoms with Gasteiger partial charge in [-0.25, -0.2) is 4.68 Å². The van der Waals surface area contributed by atoms with E-state index in [0.29, 0.717) is 24.2 Å². The van der Waals surface area contributed by atoms with Gasteiger partial charge < -0.3 is 14.9 Å². The molecular formula is C25H34N6O2. The van der Waals surface area contributed by atoms with Crippen LogP contribution in [0.3, 0.4) is 0 Å². The summed E-state index contributed by atoms with van der Waals surface area (Å²) in [5.41, 5.74) is 5.64. The lowest BCUT2D eigenvalue weighted by molar-refractivity contribution is -0.114. The minimum Gasteiger partial charge on any atom is -0.387 e. The van der Waals surface area contributed by atoms with Crippen molar-refractivity contribution in [1.29, 1.82) is 0 Å². The SMILES string of the molecule is CC1=C(N2CCC3(CCN(C[C@@H](O)c4ccc(-n5cnnn5)cc4C)CC3)CC2)CCC1=O. The lowest BCUT2D eigenvalue weighted by Crippen LogP contribution is -2.47. The molecule has 3 heterocycles. The number of aliphatic hydroxyl groups excluding tert-OH is 1. The molecule has 1 spiro atoms. The number of ketones is 1. The number of benzene rings is 1. The molecule has 1 aromatic carbocycles. The van der Waals surface area contributed by atoms with E-state index in [4.69, 9.17) is 0 Å². The summed E-state index contributed by atoms with van der Waals surface area (Å²) in [5.74, 6) is 0.331. The number of rotatable bonds is 5. The molecule has 1 aliphatic carbocycles. The van der Waals surface area contributed by atoms with Crippen molar-refractivity contribution in [3.8, 4) is 5.69 Å². The fraction of sp³-hybridized carbons (Fsp3) is 0.600. The number of hydrogen-bond donors (Lipinski definition) is 1. The van der Waals surface area contributed by atoms with Crippen LogP contribution in [0.4, 0.5) is 0 Å². The standard InChI is InChI=1S/C25H34N6O2/c1-18-15-20(31-17-26-27-28-31)3-4-21(18)24(33)16-29-11-7-25(8-12-29)9-13-30(14-10-25)22-5-6-23(32)19(22)2/h3-4,15,17,24,33H,5-14,16H2,1-2H3/t24-/m1/s1. The smallest absolute Gasteiger partial charge is 0.160 e. The molecule has 1 atom stereocenters. The summed E-state index contributed by atoms with van der Waals surface area (Å²) in [6.07, 6.45) is 7.52. The minimum absolute atomic E-state index is 0.331. The highest BCUT2D eigenvalue weighted by atomic mass is 16.3. The second kappa shape index (κ2) is 8.99. The first-order chi connectivity index (χ1) is 15.9. The molecule has 2 aliphatic heterocycles. The van der Waals surface area contributed by atoms with Gasteiger partial charge in [-0.05, 0) is 98.1 Å². The van der Waals surface area contributed by atoms with Crippen LogP contribution in [0.2, 0.25) is 0 Å². The third-order valence-corrected chi connectivity index (χ3v) is 8.22. The zero-order valence-electron chi connectivity index (χ0n) is 19.7. The van der Waals surface area contributed by atoms with Crippen LogP contribution in [0, 0.1) is 12.3 Å². The predicted molar refractivity (Wildman–Crippen MR) is 125 cm³/mol. The highest BCUT2D eigenvalue weighted by molar-refractivity contribution is 5.97. The maximum Gasteiger partial charge on any atom is 0.160 e. The largest absolute Gasteiger partial charge is 0.387 e. The van der Waals surface area contributed by atoms with E-state index in [2.05, 4.69) is 25.3 Å². The van der Waals surface area contributed by atoms with Gasteiger partial charge in [-0.15, -0.1) is 5.10 Å². The monoisotopic (exact) mass is 450 g/mol. The van der Waals surface area contributed by atoms with Crippen molar-refractivity contribution >= 4 is 5.78 Å². The van der Waals surface area contributed by atoms with Crippen LogP contribution >= 0.6 is 0 Å². The molecule has 176 valence electrons. The van der Waals surface area contributed by atoms with Crippen LogP contribution in [0.25, 0.3) is 5.69 Å². The Kier molecular flexibility index (Phi) is 6.05. The molecule has 0 radical (unpaired) electrons. The number of likely N-dealkylation sites (tertiary alicyclic amines) is 2. The second-order valence-electron chi connectivity index (χ2n) is 10.1. The van der Waals surface area contributed by atoms with Crippen molar-refractivity contribution in [2.75, 3.05) is 32.7 Å². The van der Waals surface area contributed by atoms with Crippen molar-refractivity contribution in [3.63, 3.8) is 0 Å². The molecule has 1 aromatic heterocycles. The Morgan fingerprint density at radius 3 is 2.39 bits per heavy atom. The summed E-state index contributed by atoms with van der Waals surface area (Å²) in [7, 11) is 0. The molecule has 3 aliphatic rings. The van der Waals surface area contributed by atoms with E-state index in [0.717, 1.165) is 55.0 Å². The number of carbonyl (C=O) groups excluding carboxylic acids is 1. The van der Waals surface area contributed by atoms with Crippen LogP contribution in [0.1, 0.15) is 62.7 Å². The Labute approximate surface area is 195 Å². The van der Waals surface area contributed by atoms with E-state index < -0.39 is 6.10 Å². The molecule has 0 amide bonds. The van der Waals surface area contributed by atoms with Gasteiger partial charge in [0, 0.05) is 37.3 Å². The zero-order valence-corrected chi connectivity index (χ0v) is 19.7. The Hall–Kier alpha value is -2.58. The lowest BCUT2D eigenvalue weighted by Gasteiger charge is -2.48. The first-order valence-corrected chi connectivity index (χ1v) is 12.2. The number of Topliss-reactive ketones (excluding diaryl/α,β-unsaturated/α-hetero) is 1. The second-order valence-corrected chi connectivity index (χ2v) is 10.1. The number of β-amino-alcohol motifs (C(OH)–C–C–N with tert-alkyl or cyclic N) is 1. The van der Waals surface area contributed by atoms with E-state index in [9.17, 15) is 9.90 Å². The van der Waals surface area contributed by atoms with Crippen LogP contribution in [0.5, 0.6) is 0 Å². The summed E-state index contributed by atoms with van der Waals surface area (Å²) in [5, 5.41) is 22.3. The summed E-state index contributed by atoms with van der Waals surface area (Å²) in [6.45, 7) is 8.94. The fourth-order valence-corrected chi connectivity index (χ4v) is 5.92. The molecule has 1 N–H and O–H groups in total. The van der Waals surface area contributed by atoms with Crippen molar-refractivity contribution < 1.29 is 9.90 Å². The molecule has 2 fully saturated rings. The molecule has 33 heavy (non-hydrogen) atoms. The Balaban J connectivity index is 1.14. The topological polar surface area (TPSA) is 87.4 Å². The average molecular weight is 451 g/mol. The van der Waals surface area contributed by atoms with Gasteiger partial charge in [0.1, 0.15) is 6.33 Å². The van der Waals surface area contributed by atoms with Gasteiger partial charge in [0.2, 0.25) is 0 Å². The van der Waals surface area contributed by atoms with Crippen LogP contribution in [-0.4, -0.2) is 73.6 Å². The fourth-order valence-electron chi connectivity index (χ4n) is 5.92. The average Bonchev–Trinajstić information content (AvgIpc) is 3.47. The Morgan fingerprint density at radius 2 is 1.79 bits per heavy atom. The summed E-state index contributed by atoms with van der Waals surface area (Å²) < 4.78 is 1.63. The lowest BCUT2D eigenvalue weighted by atomic mass is 9.71. The van der Waals surface area contributed by atoms with E-state index in [1.807, 2.05) is 32.0 Å². The highest BCUT2D eigenvalue weighted by Gasteiger charge is 2.39. The molecular weight excluding hydrogens is 416 g/mol. The van der Waals surface area contributed by atoms with Crippen molar-refractivity contribution in [1.82, 2.24) is 30.0 Å². The van der Waals surface area contributed by atoms with Crippen LogP contribution in [-0.2, 0) is 4.79 Å². The zero-order chi connectivity index (χ0) is 23.0. The molecule has 5 rings (SSSR count). The third kappa shape index (κ3) is 4.46. The summed E-state index contributed by atoms with van der Waals surface area (Å²) in [6, 6.07) is 5.96. The van der Waals surface area contributed by atoms with Gasteiger partial charge >= 0.3 is 0 Å². The van der Waals surface area contributed by atoms with Crippen molar-refractivity contribution in [3.05, 3.63) is 46.9 Å². The molecule has 0 bridgehead atoms. The minimum atomic E-state index is -0.501. The number of carbonyl (C=O) groups is 1. The molecule has 8 heteroatoms. The van der Waals surface area contributed by atoms with Gasteiger partial charge in [-0.3, -0.25) is 4.79 Å². The predicted octanol–water partition coefficient (Wildman–Crippen LogP) is 2.82. The number of hydrogen-bond acceptors (Lipinski definition) is 7. The summed E-state index contributed by atoms with van der Waals surface area (Å²) >= 11 is 0. The number of piperidine rings is 2. The number of tetrazole rings is 1. The normalized spacial score (nSPS) is 22.4. The maximum absolute atomic E-state index is 11.9. The molecule has 8 nitrogen and oxygen atoms in total. The number of aliphatic hydroxyl groups is 1. The van der Waals surface area contributed by atoms with Crippen molar-refractivity contribution in [2.24, 2.45) is 5.41 Å². The third-order valence-electron chi connectivity index (χ3n) is 8.22. The number of aryl methyl sites for hydroxylation is 1. The van der Waals surface area contributed by atoms with E-state index in [1.165, 1.54) is 31.4 Å². The van der Waals surface area contributed by atoms with Gasteiger partial charge in [0.05, 0.1) is 11.8 Å². The van der Waals surface area contributed by atoms with E-state index in [1.54, 1.807) is 11.0 Å². The number of aromatic nitrogens is 4. The molecule has 0 saturated carbocycles. The van der Waals surface area contributed by atoms with Crippen LogP contribution in [0.15, 0.2) is 35.8 Å². The first kappa shape index (κ1) is 22.2. The number of allylic oxidation sites excluding steroid dienone is 2.